The summed E-state index contributed by atoms with van der Waals surface area (Å²) in [5.41, 5.74) is 0. The van der Waals surface area contributed by atoms with Gasteiger partial charge < -0.3 is 14.2 Å². The number of esters is 3. The van der Waals surface area contributed by atoms with E-state index in [0.717, 1.165) is 77.0 Å². The summed E-state index contributed by atoms with van der Waals surface area (Å²) < 4.78 is 16.8. The summed E-state index contributed by atoms with van der Waals surface area (Å²) in [5.74, 6) is -0.885. The normalized spacial score (nSPS) is 12.4. The quantitative estimate of drug-likeness (QED) is 0.0262. The van der Waals surface area contributed by atoms with Gasteiger partial charge in [-0.1, -0.05) is 230 Å². The molecule has 0 heterocycles. The average Bonchev–Trinajstić information content (AvgIpc) is 3.29. The van der Waals surface area contributed by atoms with E-state index in [1.165, 1.54) is 167 Å². The van der Waals surface area contributed by atoms with Crippen molar-refractivity contribution in [1.82, 2.24) is 0 Å². The number of hydrogen-bond acceptors (Lipinski definition) is 6. The SMILES string of the molecule is CCCCC/C=C\C/C=C\C/C=C\CCCCCCCCC(=O)OCC(COC(=O)CCCCCCCCCCCC)OC(=O)CCCCCCCCC/C=C\CCCCCCCC. The fourth-order valence-electron chi connectivity index (χ4n) is 7.86. The van der Waals surface area contributed by atoms with Crippen molar-refractivity contribution in [2.24, 2.45) is 0 Å². The molecular formula is C58H104O6. The van der Waals surface area contributed by atoms with Crippen molar-refractivity contribution in [2.45, 2.75) is 290 Å². The van der Waals surface area contributed by atoms with Gasteiger partial charge in [0, 0.05) is 19.3 Å². The lowest BCUT2D eigenvalue weighted by atomic mass is 10.1. The van der Waals surface area contributed by atoms with Gasteiger partial charge in [0.1, 0.15) is 13.2 Å². The maximum Gasteiger partial charge on any atom is 0.306 e. The van der Waals surface area contributed by atoms with Gasteiger partial charge >= 0.3 is 17.9 Å². The standard InChI is InChI=1S/C58H104O6/c1-4-7-10-13-16-19-22-24-26-28-29-31-32-34-36-39-42-45-48-51-57(60)63-54-55(53-62-56(59)50-47-44-41-38-21-18-15-12-9-6-3)64-58(61)52-49-46-43-40-37-35-33-30-27-25-23-20-17-14-11-8-5-2/h16,19,24-27,29,31,55H,4-15,17-18,20-23,28,30,32-54H2,1-3H3/b19-16-,26-24-,27-25-,31-29-. The highest BCUT2D eigenvalue weighted by Gasteiger charge is 2.19. The molecule has 0 bridgehead atoms. The summed E-state index contributed by atoms with van der Waals surface area (Å²) in [5, 5.41) is 0. The summed E-state index contributed by atoms with van der Waals surface area (Å²) in [7, 11) is 0. The first-order valence-electron chi connectivity index (χ1n) is 27.6. The minimum Gasteiger partial charge on any atom is -0.462 e. The van der Waals surface area contributed by atoms with Crippen molar-refractivity contribution < 1.29 is 28.6 Å². The highest BCUT2D eigenvalue weighted by atomic mass is 16.6. The van der Waals surface area contributed by atoms with Crippen molar-refractivity contribution in [2.75, 3.05) is 13.2 Å². The topological polar surface area (TPSA) is 78.9 Å². The molecule has 0 aliphatic heterocycles. The summed E-state index contributed by atoms with van der Waals surface area (Å²) >= 11 is 0. The molecule has 0 aliphatic rings. The lowest BCUT2D eigenvalue weighted by Crippen LogP contribution is -2.30. The lowest BCUT2D eigenvalue weighted by Gasteiger charge is -2.18. The van der Waals surface area contributed by atoms with Crippen LogP contribution in [0.2, 0.25) is 0 Å². The Balaban J connectivity index is 4.34. The number of rotatable bonds is 50. The van der Waals surface area contributed by atoms with Crippen LogP contribution in [0.25, 0.3) is 0 Å². The first-order chi connectivity index (χ1) is 31.5. The Morgan fingerprint density at radius 2 is 0.562 bits per heavy atom. The summed E-state index contributed by atoms with van der Waals surface area (Å²) in [4.78, 5) is 38.0. The van der Waals surface area contributed by atoms with E-state index in [1.54, 1.807) is 0 Å². The molecule has 0 aromatic heterocycles. The van der Waals surface area contributed by atoms with Crippen LogP contribution in [0, 0.1) is 0 Å². The molecule has 6 heteroatoms. The molecule has 0 saturated carbocycles. The van der Waals surface area contributed by atoms with Gasteiger partial charge in [-0.3, -0.25) is 14.4 Å². The van der Waals surface area contributed by atoms with Crippen LogP contribution in [0.4, 0.5) is 0 Å². The van der Waals surface area contributed by atoms with E-state index in [4.69, 9.17) is 14.2 Å². The molecule has 0 spiro atoms. The number of hydrogen-bond donors (Lipinski definition) is 0. The number of ether oxygens (including phenoxy) is 3. The van der Waals surface area contributed by atoms with Crippen molar-refractivity contribution in [3.05, 3.63) is 48.6 Å². The molecule has 0 aromatic carbocycles. The Morgan fingerprint density at radius 1 is 0.312 bits per heavy atom. The predicted octanol–water partition coefficient (Wildman–Crippen LogP) is 18.3. The Kier molecular flexibility index (Phi) is 50.8. The molecule has 0 saturated heterocycles. The monoisotopic (exact) mass is 897 g/mol. The van der Waals surface area contributed by atoms with Crippen molar-refractivity contribution in [3.63, 3.8) is 0 Å². The fourth-order valence-corrected chi connectivity index (χ4v) is 7.86. The second-order valence-electron chi connectivity index (χ2n) is 18.5. The minimum atomic E-state index is -0.778. The van der Waals surface area contributed by atoms with Gasteiger partial charge in [0.15, 0.2) is 6.10 Å². The van der Waals surface area contributed by atoms with Gasteiger partial charge in [-0.05, 0) is 83.5 Å². The molecule has 64 heavy (non-hydrogen) atoms. The van der Waals surface area contributed by atoms with E-state index < -0.39 is 6.10 Å². The zero-order chi connectivity index (χ0) is 46.5. The van der Waals surface area contributed by atoms with Gasteiger partial charge in [0.05, 0.1) is 0 Å². The number of carbonyl (C=O) groups is 3. The molecular weight excluding hydrogens is 793 g/mol. The molecule has 0 N–H and O–H groups in total. The zero-order valence-electron chi connectivity index (χ0n) is 42.6. The highest BCUT2D eigenvalue weighted by Crippen LogP contribution is 2.15. The first kappa shape index (κ1) is 61.4. The Labute approximate surface area is 397 Å². The smallest absolute Gasteiger partial charge is 0.306 e. The summed E-state index contributed by atoms with van der Waals surface area (Å²) in [6.45, 7) is 6.60. The Hall–Kier alpha value is -2.63. The van der Waals surface area contributed by atoms with E-state index in [1.807, 2.05) is 0 Å². The molecule has 0 fully saturated rings. The molecule has 0 rings (SSSR count). The van der Waals surface area contributed by atoms with Crippen molar-refractivity contribution in [1.29, 1.82) is 0 Å². The highest BCUT2D eigenvalue weighted by molar-refractivity contribution is 5.71. The van der Waals surface area contributed by atoms with E-state index in [-0.39, 0.29) is 31.1 Å². The third kappa shape index (κ3) is 50.4. The maximum absolute atomic E-state index is 12.8. The van der Waals surface area contributed by atoms with Crippen LogP contribution < -0.4 is 0 Å². The molecule has 372 valence electrons. The van der Waals surface area contributed by atoms with Crippen LogP contribution >= 0.6 is 0 Å². The van der Waals surface area contributed by atoms with E-state index in [2.05, 4.69) is 69.4 Å². The van der Waals surface area contributed by atoms with Crippen LogP contribution in [0.3, 0.4) is 0 Å². The van der Waals surface area contributed by atoms with Crippen LogP contribution in [0.1, 0.15) is 284 Å². The molecule has 0 aliphatic carbocycles. The Bertz CT molecular complexity index is 1120. The second kappa shape index (κ2) is 53.0. The summed E-state index contributed by atoms with van der Waals surface area (Å²) in [6.07, 6.45) is 63.8. The minimum absolute atomic E-state index is 0.0768. The number of allylic oxidation sites excluding steroid dienone is 8. The lowest BCUT2D eigenvalue weighted by molar-refractivity contribution is -0.167. The molecule has 1 unspecified atom stereocenters. The van der Waals surface area contributed by atoms with Gasteiger partial charge in [-0.15, -0.1) is 0 Å². The van der Waals surface area contributed by atoms with E-state index in [9.17, 15) is 14.4 Å². The molecule has 6 nitrogen and oxygen atoms in total. The fraction of sp³-hybridized carbons (Fsp3) is 0.810. The second-order valence-corrected chi connectivity index (χ2v) is 18.5. The molecule has 0 aromatic rings. The van der Waals surface area contributed by atoms with E-state index >= 15 is 0 Å². The van der Waals surface area contributed by atoms with Crippen molar-refractivity contribution in [3.8, 4) is 0 Å². The molecule has 1 atom stereocenters. The van der Waals surface area contributed by atoms with Gasteiger partial charge in [0.2, 0.25) is 0 Å². The van der Waals surface area contributed by atoms with Gasteiger partial charge in [-0.25, -0.2) is 0 Å². The largest absolute Gasteiger partial charge is 0.462 e. The van der Waals surface area contributed by atoms with Crippen molar-refractivity contribution >= 4 is 17.9 Å². The molecule has 0 radical (unpaired) electrons. The first-order valence-corrected chi connectivity index (χ1v) is 27.6. The van der Waals surface area contributed by atoms with Crippen LogP contribution in [0.15, 0.2) is 48.6 Å². The van der Waals surface area contributed by atoms with Gasteiger partial charge in [-0.2, -0.15) is 0 Å². The van der Waals surface area contributed by atoms with Crippen LogP contribution in [-0.2, 0) is 28.6 Å². The van der Waals surface area contributed by atoms with Gasteiger partial charge in [0.25, 0.3) is 0 Å². The van der Waals surface area contributed by atoms with E-state index in [0.29, 0.717) is 19.3 Å². The van der Waals surface area contributed by atoms with Crippen LogP contribution in [0.5, 0.6) is 0 Å². The third-order valence-electron chi connectivity index (χ3n) is 12.1. The average molecular weight is 897 g/mol. The number of carbonyl (C=O) groups excluding carboxylic acids is 3. The Morgan fingerprint density at radius 3 is 0.922 bits per heavy atom. The van der Waals surface area contributed by atoms with Crippen LogP contribution in [-0.4, -0.2) is 37.2 Å². The maximum atomic E-state index is 12.8. The predicted molar refractivity (Wildman–Crippen MR) is 275 cm³/mol. The third-order valence-corrected chi connectivity index (χ3v) is 12.1. The number of unbranched alkanes of at least 4 members (excludes halogenated alkanes) is 31. The zero-order valence-corrected chi connectivity index (χ0v) is 42.6. The molecule has 0 amide bonds. The summed E-state index contributed by atoms with van der Waals surface area (Å²) in [6, 6.07) is 0.